The lowest BCUT2D eigenvalue weighted by Crippen LogP contribution is -2.07. The number of pyridine rings is 2. The average molecular weight is 401 g/mol. The fraction of sp³-hybridized carbons (Fsp3) is 0.0714. The molecule has 0 spiro atoms. The summed E-state index contributed by atoms with van der Waals surface area (Å²) in [6.45, 7) is 0. The van der Waals surface area contributed by atoms with Gasteiger partial charge in [-0.05, 0) is 34.1 Å². The predicted octanol–water partition coefficient (Wildman–Crippen LogP) is 5.13. The molecular formula is C14H8BrF3N4S. The van der Waals surface area contributed by atoms with Gasteiger partial charge in [-0.1, -0.05) is 6.07 Å². The van der Waals surface area contributed by atoms with Crippen LogP contribution in [-0.4, -0.2) is 15.0 Å². The first-order valence-corrected chi connectivity index (χ1v) is 7.97. The third kappa shape index (κ3) is 3.67. The Morgan fingerprint density at radius 1 is 1.13 bits per heavy atom. The maximum atomic E-state index is 12.9. The van der Waals surface area contributed by atoms with Gasteiger partial charge in [0.1, 0.15) is 11.5 Å². The minimum Gasteiger partial charge on any atom is -0.316 e. The zero-order valence-electron chi connectivity index (χ0n) is 11.3. The third-order valence-corrected chi connectivity index (χ3v) is 4.22. The number of halogens is 4. The molecule has 3 rings (SSSR count). The molecule has 0 saturated heterocycles. The number of rotatable bonds is 3. The molecule has 0 aliphatic rings. The quantitative estimate of drug-likeness (QED) is 0.662. The topological polar surface area (TPSA) is 50.7 Å². The molecule has 4 nitrogen and oxygen atoms in total. The Labute approximate surface area is 141 Å². The molecule has 0 atom stereocenters. The fourth-order valence-electron chi connectivity index (χ4n) is 1.80. The largest absolute Gasteiger partial charge is 0.417 e. The highest BCUT2D eigenvalue weighted by Crippen LogP contribution is 2.36. The molecule has 1 N–H and O–H groups in total. The van der Waals surface area contributed by atoms with E-state index in [1.165, 1.54) is 11.3 Å². The molecule has 0 bridgehead atoms. The van der Waals surface area contributed by atoms with Gasteiger partial charge < -0.3 is 5.32 Å². The summed E-state index contributed by atoms with van der Waals surface area (Å²) in [4.78, 5) is 12.4. The minimum atomic E-state index is -4.46. The van der Waals surface area contributed by atoms with Crippen LogP contribution in [0.2, 0.25) is 0 Å². The molecule has 118 valence electrons. The number of alkyl halides is 3. The molecule has 0 amide bonds. The lowest BCUT2D eigenvalue weighted by molar-refractivity contribution is -0.138. The van der Waals surface area contributed by atoms with E-state index in [2.05, 4.69) is 36.2 Å². The molecule has 0 saturated carbocycles. The summed E-state index contributed by atoms with van der Waals surface area (Å²) in [7, 11) is 0. The lowest BCUT2D eigenvalue weighted by atomic mass is 10.2. The van der Waals surface area contributed by atoms with E-state index in [0.29, 0.717) is 16.5 Å². The fourth-order valence-corrected chi connectivity index (χ4v) is 2.95. The van der Waals surface area contributed by atoms with Crippen molar-refractivity contribution in [3.63, 3.8) is 0 Å². The van der Waals surface area contributed by atoms with Crippen LogP contribution >= 0.6 is 27.3 Å². The van der Waals surface area contributed by atoms with Crippen LogP contribution in [0.25, 0.3) is 11.4 Å². The van der Waals surface area contributed by atoms with Gasteiger partial charge >= 0.3 is 6.18 Å². The molecule has 9 heteroatoms. The van der Waals surface area contributed by atoms with Crippen LogP contribution in [0.3, 0.4) is 0 Å². The van der Waals surface area contributed by atoms with Crippen LogP contribution in [0.4, 0.5) is 24.1 Å². The van der Waals surface area contributed by atoms with Crippen molar-refractivity contribution in [3.8, 4) is 11.4 Å². The predicted molar refractivity (Wildman–Crippen MR) is 85.6 cm³/mol. The Morgan fingerprint density at radius 3 is 2.65 bits per heavy atom. The van der Waals surface area contributed by atoms with E-state index < -0.39 is 11.7 Å². The standard InChI is InChI=1S/C14H8BrF3N4S/c15-9-6-20-12(5-8(9)14(16,17)18)22-13-21-11(7-23-13)10-3-1-2-4-19-10/h1-7H,(H,20,21,22). The van der Waals surface area contributed by atoms with Crippen LogP contribution in [0.5, 0.6) is 0 Å². The van der Waals surface area contributed by atoms with Gasteiger partial charge in [0.2, 0.25) is 0 Å². The van der Waals surface area contributed by atoms with Gasteiger partial charge in [-0.15, -0.1) is 11.3 Å². The van der Waals surface area contributed by atoms with E-state index >= 15 is 0 Å². The van der Waals surface area contributed by atoms with Gasteiger partial charge in [0.15, 0.2) is 5.13 Å². The number of nitrogens with one attached hydrogen (secondary N) is 1. The monoisotopic (exact) mass is 400 g/mol. The molecule has 0 radical (unpaired) electrons. The van der Waals surface area contributed by atoms with Crippen LogP contribution in [0, 0.1) is 0 Å². The van der Waals surface area contributed by atoms with Crippen molar-refractivity contribution in [2.24, 2.45) is 0 Å². The SMILES string of the molecule is FC(F)(F)c1cc(Nc2nc(-c3ccccn3)cs2)ncc1Br. The normalized spacial score (nSPS) is 11.5. The van der Waals surface area contributed by atoms with Gasteiger partial charge in [0, 0.05) is 22.2 Å². The summed E-state index contributed by atoms with van der Waals surface area (Å²) in [6.07, 6.45) is -1.70. The number of aromatic nitrogens is 3. The maximum absolute atomic E-state index is 12.9. The number of thiazole rings is 1. The van der Waals surface area contributed by atoms with Gasteiger partial charge in [0.25, 0.3) is 0 Å². The number of hydrogen-bond donors (Lipinski definition) is 1. The number of hydrogen-bond acceptors (Lipinski definition) is 5. The van der Waals surface area contributed by atoms with E-state index in [-0.39, 0.29) is 10.3 Å². The van der Waals surface area contributed by atoms with E-state index in [0.717, 1.165) is 12.3 Å². The Bertz CT molecular complexity index is 820. The van der Waals surface area contributed by atoms with Gasteiger partial charge in [0.05, 0.1) is 11.3 Å². The van der Waals surface area contributed by atoms with Gasteiger partial charge in [-0.25, -0.2) is 9.97 Å². The number of nitrogens with zero attached hydrogens (tertiary/aromatic N) is 3. The van der Waals surface area contributed by atoms with Crippen molar-refractivity contribution in [1.29, 1.82) is 0 Å². The van der Waals surface area contributed by atoms with Crippen molar-refractivity contribution in [3.05, 3.63) is 52.1 Å². The van der Waals surface area contributed by atoms with Gasteiger partial charge in [-0.3, -0.25) is 4.98 Å². The Balaban J connectivity index is 1.85. The molecule has 23 heavy (non-hydrogen) atoms. The highest BCUT2D eigenvalue weighted by molar-refractivity contribution is 9.10. The molecule has 0 fully saturated rings. The second-order valence-electron chi connectivity index (χ2n) is 4.43. The van der Waals surface area contributed by atoms with E-state index in [1.54, 1.807) is 23.7 Å². The van der Waals surface area contributed by atoms with Crippen molar-refractivity contribution in [1.82, 2.24) is 15.0 Å². The Kier molecular flexibility index (Phi) is 4.31. The summed E-state index contributed by atoms with van der Waals surface area (Å²) >= 11 is 4.12. The molecule has 0 aliphatic carbocycles. The van der Waals surface area contributed by atoms with Crippen molar-refractivity contribution >= 4 is 38.2 Å². The van der Waals surface area contributed by atoms with E-state index in [9.17, 15) is 13.2 Å². The molecule has 3 aromatic rings. The average Bonchev–Trinajstić information content (AvgIpc) is 2.97. The molecule has 0 unspecified atom stereocenters. The smallest absolute Gasteiger partial charge is 0.316 e. The summed E-state index contributed by atoms with van der Waals surface area (Å²) in [5.41, 5.74) is 0.541. The summed E-state index contributed by atoms with van der Waals surface area (Å²) in [6, 6.07) is 6.37. The van der Waals surface area contributed by atoms with Crippen molar-refractivity contribution in [2.75, 3.05) is 5.32 Å². The summed E-state index contributed by atoms with van der Waals surface area (Å²) in [5.74, 6) is 0.0717. The zero-order valence-corrected chi connectivity index (χ0v) is 13.7. The van der Waals surface area contributed by atoms with Crippen LogP contribution < -0.4 is 5.32 Å². The van der Waals surface area contributed by atoms with Crippen LogP contribution in [0.1, 0.15) is 5.56 Å². The van der Waals surface area contributed by atoms with E-state index in [4.69, 9.17) is 0 Å². The summed E-state index contributed by atoms with van der Waals surface area (Å²) in [5, 5.41) is 4.99. The lowest BCUT2D eigenvalue weighted by Gasteiger charge is -2.10. The minimum absolute atomic E-state index is 0.0717. The van der Waals surface area contributed by atoms with Gasteiger partial charge in [-0.2, -0.15) is 13.2 Å². The Morgan fingerprint density at radius 2 is 1.96 bits per heavy atom. The highest BCUT2D eigenvalue weighted by Gasteiger charge is 2.33. The van der Waals surface area contributed by atoms with Crippen molar-refractivity contribution < 1.29 is 13.2 Å². The second kappa shape index (κ2) is 6.25. The molecular weight excluding hydrogens is 393 g/mol. The first kappa shape index (κ1) is 15.9. The maximum Gasteiger partial charge on any atom is 0.417 e. The van der Waals surface area contributed by atoms with Crippen molar-refractivity contribution in [2.45, 2.75) is 6.18 Å². The molecule has 0 aromatic carbocycles. The molecule has 0 aliphatic heterocycles. The number of anilines is 2. The van der Waals surface area contributed by atoms with E-state index in [1.807, 2.05) is 6.07 Å². The first-order chi connectivity index (χ1) is 10.9. The second-order valence-corrected chi connectivity index (χ2v) is 6.14. The molecule has 3 heterocycles. The zero-order chi connectivity index (χ0) is 16.4. The third-order valence-electron chi connectivity index (χ3n) is 2.83. The molecule has 3 aromatic heterocycles. The highest BCUT2D eigenvalue weighted by atomic mass is 79.9. The Hall–Kier alpha value is -2.00. The van der Waals surface area contributed by atoms with Crippen LogP contribution in [-0.2, 0) is 6.18 Å². The van der Waals surface area contributed by atoms with Crippen LogP contribution in [0.15, 0.2) is 46.5 Å². The first-order valence-electron chi connectivity index (χ1n) is 6.30. The summed E-state index contributed by atoms with van der Waals surface area (Å²) < 4.78 is 38.6.